The number of pyridine rings is 1. The fourth-order valence-electron chi connectivity index (χ4n) is 4.03. The number of rotatable bonds is 8. The third-order valence-electron chi connectivity index (χ3n) is 5.91. The number of amides is 1. The first-order valence-electron chi connectivity index (χ1n) is 11.5. The zero-order chi connectivity index (χ0) is 24.8. The molecular formula is C29H27N3O3. The van der Waals surface area contributed by atoms with Crippen molar-refractivity contribution in [3.05, 3.63) is 102 Å². The third kappa shape index (κ3) is 5.38. The number of benzene rings is 3. The van der Waals surface area contributed by atoms with Crippen molar-refractivity contribution in [1.82, 2.24) is 4.98 Å². The minimum Gasteiger partial charge on any atom is -0.478 e. The maximum atomic E-state index is 13.1. The molecule has 1 heterocycles. The van der Waals surface area contributed by atoms with Gasteiger partial charge in [-0.15, -0.1) is 0 Å². The molecule has 6 nitrogen and oxygen atoms in total. The Morgan fingerprint density at radius 1 is 0.800 bits per heavy atom. The quantitative estimate of drug-likeness (QED) is 0.323. The lowest BCUT2D eigenvalue weighted by atomic mass is 10.0. The Bertz CT molecular complexity index is 1350. The molecule has 0 bridgehead atoms. The molecule has 176 valence electrons. The molecule has 4 aromatic rings. The van der Waals surface area contributed by atoms with Crippen LogP contribution < -0.4 is 10.2 Å². The Kier molecular flexibility index (Phi) is 7.21. The highest BCUT2D eigenvalue weighted by atomic mass is 16.4. The molecule has 0 aliphatic heterocycles. The molecule has 3 aromatic carbocycles. The van der Waals surface area contributed by atoms with E-state index in [1.807, 2.05) is 42.5 Å². The Morgan fingerprint density at radius 2 is 1.51 bits per heavy atom. The number of carbonyl (C=O) groups excluding carboxylic acids is 1. The average Bonchev–Trinajstić information content (AvgIpc) is 2.90. The number of carboxylic acids is 1. The first-order chi connectivity index (χ1) is 17.0. The molecule has 0 saturated heterocycles. The van der Waals surface area contributed by atoms with Gasteiger partial charge in [-0.2, -0.15) is 0 Å². The number of carbonyl (C=O) groups is 2. The first-order valence-corrected chi connectivity index (χ1v) is 11.5. The van der Waals surface area contributed by atoms with Gasteiger partial charge in [0.1, 0.15) is 0 Å². The molecule has 0 unspecified atom stereocenters. The standard InChI is InChI=1S/C29H27N3O3/c1-3-32(4-2)25-12-8-11-21(16-25)22-13-14-26(29(34)35)27(17-22)31-28(33)24-15-23(18-30-19-24)20-9-6-5-7-10-20/h5-19H,3-4H2,1-2H3,(H,31,33)(H,34,35). The molecule has 0 atom stereocenters. The van der Waals surface area contributed by atoms with Crippen LogP contribution in [0.4, 0.5) is 11.4 Å². The number of aromatic carboxylic acids is 1. The number of anilines is 2. The average molecular weight is 466 g/mol. The van der Waals surface area contributed by atoms with E-state index < -0.39 is 11.9 Å². The van der Waals surface area contributed by atoms with Crippen molar-refractivity contribution in [1.29, 1.82) is 0 Å². The summed E-state index contributed by atoms with van der Waals surface area (Å²) in [5.74, 6) is -1.54. The minimum atomic E-state index is -1.11. The minimum absolute atomic E-state index is 0.0224. The Balaban J connectivity index is 1.66. The summed E-state index contributed by atoms with van der Waals surface area (Å²) in [5.41, 5.74) is 5.19. The van der Waals surface area contributed by atoms with E-state index in [0.717, 1.165) is 41.0 Å². The van der Waals surface area contributed by atoms with Crippen LogP contribution >= 0.6 is 0 Å². The second kappa shape index (κ2) is 10.7. The van der Waals surface area contributed by atoms with Gasteiger partial charge in [-0.1, -0.05) is 48.5 Å². The maximum absolute atomic E-state index is 13.1. The molecule has 4 rings (SSSR count). The maximum Gasteiger partial charge on any atom is 0.337 e. The number of hydrogen-bond acceptors (Lipinski definition) is 4. The van der Waals surface area contributed by atoms with Gasteiger partial charge >= 0.3 is 5.97 Å². The zero-order valence-electron chi connectivity index (χ0n) is 19.7. The Morgan fingerprint density at radius 3 is 2.23 bits per heavy atom. The number of carboxylic acid groups (broad SMARTS) is 1. The van der Waals surface area contributed by atoms with E-state index in [0.29, 0.717) is 5.56 Å². The second-order valence-corrected chi connectivity index (χ2v) is 8.07. The lowest BCUT2D eigenvalue weighted by Gasteiger charge is -2.21. The fraction of sp³-hybridized carbons (Fsp3) is 0.138. The molecule has 0 aliphatic carbocycles. The van der Waals surface area contributed by atoms with E-state index in [9.17, 15) is 14.7 Å². The molecule has 35 heavy (non-hydrogen) atoms. The monoisotopic (exact) mass is 465 g/mol. The zero-order valence-corrected chi connectivity index (χ0v) is 19.7. The highest BCUT2D eigenvalue weighted by Crippen LogP contribution is 2.29. The van der Waals surface area contributed by atoms with Crippen LogP contribution in [0.3, 0.4) is 0 Å². The van der Waals surface area contributed by atoms with Crippen LogP contribution in [0.25, 0.3) is 22.3 Å². The van der Waals surface area contributed by atoms with Crippen LogP contribution in [0, 0.1) is 0 Å². The van der Waals surface area contributed by atoms with E-state index in [4.69, 9.17) is 0 Å². The van der Waals surface area contributed by atoms with Gasteiger partial charge in [0.25, 0.3) is 5.91 Å². The molecule has 0 spiro atoms. The molecule has 1 aromatic heterocycles. The number of nitrogens with one attached hydrogen (secondary N) is 1. The van der Waals surface area contributed by atoms with Crippen LogP contribution in [0.1, 0.15) is 34.6 Å². The Labute approximate surface area is 204 Å². The molecule has 0 radical (unpaired) electrons. The SMILES string of the molecule is CCN(CC)c1cccc(-c2ccc(C(=O)O)c(NC(=O)c3cncc(-c4ccccc4)c3)c2)c1. The van der Waals surface area contributed by atoms with Gasteiger partial charge in [-0.3, -0.25) is 9.78 Å². The summed E-state index contributed by atoms with van der Waals surface area (Å²) in [5, 5.41) is 12.5. The van der Waals surface area contributed by atoms with Crippen molar-refractivity contribution in [2.45, 2.75) is 13.8 Å². The smallest absolute Gasteiger partial charge is 0.337 e. The van der Waals surface area contributed by atoms with E-state index in [1.165, 1.54) is 12.3 Å². The summed E-state index contributed by atoms with van der Waals surface area (Å²) in [6.45, 7) is 5.98. The summed E-state index contributed by atoms with van der Waals surface area (Å²) in [6.07, 6.45) is 3.16. The van der Waals surface area contributed by atoms with Crippen molar-refractivity contribution in [2.24, 2.45) is 0 Å². The number of nitrogens with zero attached hydrogens (tertiary/aromatic N) is 2. The highest BCUT2D eigenvalue weighted by molar-refractivity contribution is 6.08. The van der Waals surface area contributed by atoms with E-state index in [1.54, 1.807) is 24.4 Å². The summed E-state index contributed by atoms with van der Waals surface area (Å²) in [6, 6.07) is 24.5. The highest BCUT2D eigenvalue weighted by Gasteiger charge is 2.16. The van der Waals surface area contributed by atoms with E-state index in [-0.39, 0.29) is 11.3 Å². The van der Waals surface area contributed by atoms with Gasteiger partial charge in [-0.05, 0) is 60.9 Å². The van der Waals surface area contributed by atoms with Crippen molar-refractivity contribution in [2.75, 3.05) is 23.3 Å². The molecule has 0 fully saturated rings. The topological polar surface area (TPSA) is 82.5 Å². The van der Waals surface area contributed by atoms with Gasteiger partial charge in [0.15, 0.2) is 0 Å². The van der Waals surface area contributed by atoms with Crippen LogP contribution in [0.2, 0.25) is 0 Å². The van der Waals surface area contributed by atoms with Gasteiger partial charge < -0.3 is 15.3 Å². The van der Waals surface area contributed by atoms with Gasteiger partial charge in [0.05, 0.1) is 16.8 Å². The normalized spacial score (nSPS) is 10.6. The predicted molar refractivity (Wildman–Crippen MR) is 140 cm³/mol. The van der Waals surface area contributed by atoms with Crippen molar-refractivity contribution in [3.63, 3.8) is 0 Å². The molecule has 6 heteroatoms. The van der Waals surface area contributed by atoms with Gasteiger partial charge in [0.2, 0.25) is 0 Å². The van der Waals surface area contributed by atoms with Crippen LogP contribution in [-0.4, -0.2) is 35.1 Å². The molecule has 2 N–H and O–H groups in total. The molecule has 0 aliphatic rings. The van der Waals surface area contributed by atoms with Crippen LogP contribution in [0.15, 0.2) is 91.3 Å². The summed E-state index contributed by atoms with van der Waals surface area (Å²) in [4.78, 5) is 31.4. The molecule has 1 amide bonds. The summed E-state index contributed by atoms with van der Waals surface area (Å²) >= 11 is 0. The fourth-order valence-corrected chi connectivity index (χ4v) is 4.03. The first kappa shape index (κ1) is 23.7. The summed E-state index contributed by atoms with van der Waals surface area (Å²) in [7, 11) is 0. The van der Waals surface area contributed by atoms with E-state index >= 15 is 0 Å². The molecule has 0 saturated carbocycles. The third-order valence-corrected chi connectivity index (χ3v) is 5.91. The summed E-state index contributed by atoms with van der Waals surface area (Å²) < 4.78 is 0. The lowest BCUT2D eigenvalue weighted by molar-refractivity contribution is 0.0698. The van der Waals surface area contributed by atoms with Crippen molar-refractivity contribution < 1.29 is 14.7 Å². The molecular weight excluding hydrogens is 438 g/mol. The van der Waals surface area contributed by atoms with Crippen LogP contribution in [-0.2, 0) is 0 Å². The van der Waals surface area contributed by atoms with Gasteiger partial charge in [0, 0.05) is 36.7 Å². The lowest BCUT2D eigenvalue weighted by Crippen LogP contribution is -2.21. The van der Waals surface area contributed by atoms with Crippen LogP contribution in [0.5, 0.6) is 0 Å². The van der Waals surface area contributed by atoms with Crippen molar-refractivity contribution in [3.8, 4) is 22.3 Å². The Hall–Kier alpha value is -4.45. The predicted octanol–water partition coefficient (Wildman–Crippen LogP) is 6.21. The largest absolute Gasteiger partial charge is 0.478 e. The number of hydrogen-bond donors (Lipinski definition) is 2. The van der Waals surface area contributed by atoms with E-state index in [2.05, 4.69) is 41.2 Å². The second-order valence-electron chi connectivity index (χ2n) is 8.07. The van der Waals surface area contributed by atoms with Crippen molar-refractivity contribution >= 4 is 23.3 Å². The number of aromatic nitrogens is 1. The van der Waals surface area contributed by atoms with Gasteiger partial charge in [-0.25, -0.2) is 4.79 Å².